The van der Waals surface area contributed by atoms with Crippen molar-refractivity contribution in [1.82, 2.24) is 0 Å². The Kier molecular flexibility index (Phi) is 6.01. The van der Waals surface area contributed by atoms with Crippen LogP contribution in [0.2, 0.25) is 0 Å². The highest BCUT2D eigenvalue weighted by atomic mass is 16.5. The number of carboxylic acid groups (broad SMARTS) is 1. The molecule has 0 unspecified atom stereocenters. The van der Waals surface area contributed by atoms with E-state index in [-0.39, 0.29) is 11.8 Å². The van der Waals surface area contributed by atoms with E-state index >= 15 is 0 Å². The van der Waals surface area contributed by atoms with Crippen LogP contribution in [0.25, 0.3) is 5.57 Å². The van der Waals surface area contributed by atoms with E-state index in [9.17, 15) is 4.79 Å². The summed E-state index contributed by atoms with van der Waals surface area (Å²) in [6.45, 7) is 11.1. The largest absolute Gasteiger partial charge is 0.494 e. The molecule has 0 atom stereocenters. The van der Waals surface area contributed by atoms with E-state index < -0.39 is 5.97 Å². The predicted octanol–water partition coefficient (Wildman–Crippen LogP) is 4.65. The van der Waals surface area contributed by atoms with Crippen LogP contribution in [0.15, 0.2) is 24.3 Å². The van der Waals surface area contributed by atoms with Gasteiger partial charge in [0.15, 0.2) is 0 Å². The van der Waals surface area contributed by atoms with Crippen molar-refractivity contribution in [1.29, 1.82) is 0 Å². The van der Waals surface area contributed by atoms with Gasteiger partial charge in [-0.2, -0.15) is 0 Å². The number of allylic oxidation sites excluding steroid dienone is 1. The second kappa shape index (κ2) is 7.30. The van der Waals surface area contributed by atoms with E-state index in [1.165, 1.54) is 0 Å². The van der Waals surface area contributed by atoms with E-state index in [2.05, 4.69) is 26.8 Å². The van der Waals surface area contributed by atoms with Crippen LogP contribution in [0.5, 0.6) is 5.75 Å². The van der Waals surface area contributed by atoms with Crippen molar-refractivity contribution in [2.75, 3.05) is 6.61 Å². The first-order chi connectivity index (χ1) is 9.79. The zero-order valence-electron chi connectivity index (χ0n) is 13.7. The number of hydrogen-bond acceptors (Lipinski definition) is 2. The molecule has 0 radical (unpaired) electrons. The molecule has 0 aliphatic rings. The molecule has 1 rings (SSSR count). The van der Waals surface area contributed by atoms with Gasteiger partial charge in [-0.05, 0) is 42.0 Å². The lowest BCUT2D eigenvalue weighted by atomic mass is 9.84. The highest BCUT2D eigenvalue weighted by Crippen LogP contribution is 2.34. The third-order valence-corrected chi connectivity index (χ3v) is 3.36. The van der Waals surface area contributed by atoms with Crippen molar-refractivity contribution in [2.24, 2.45) is 0 Å². The molecule has 0 heterocycles. The van der Waals surface area contributed by atoms with Gasteiger partial charge in [0.05, 0.1) is 13.0 Å². The minimum Gasteiger partial charge on any atom is -0.494 e. The maximum Gasteiger partial charge on any atom is 0.307 e. The summed E-state index contributed by atoms with van der Waals surface area (Å²) in [5.41, 5.74) is 3.27. The number of ether oxygens (including phenoxy) is 1. The van der Waals surface area contributed by atoms with E-state index in [1.54, 1.807) is 6.08 Å². The van der Waals surface area contributed by atoms with Crippen molar-refractivity contribution < 1.29 is 14.6 Å². The van der Waals surface area contributed by atoms with Crippen molar-refractivity contribution >= 4 is 11.5 Å². The standard InChI is InChI=1S/C18H26O3/c1-6-13(9-11-17(19)20)14-8-10-16(21-7-2)15(12-14)18(3,4)5/h8-10,12H,6-7,11H2,1-5H3,(H,19,20)/b13-9+. The van der Waals surface area contributed by atoms with E-state index in [4.69, 9.17) is 9.84 Å². The maximum absolute atomic E-state index is 10.8. The summed E-state index contributed by atoms with van der Waals surface area (Å²) in [6.07, 6.45) is 2.66. The number of aliphatic carboxylic acids is 1. The van der Waals surface area contributed by atoms with Gasteiger partial charge in [-0.25, -0.2) is 0 Å². The summed E-state index contributed by atoms with van der Waals surface area (Å²) in [5.74, 6) is 0.102. The van der Waals surface area contributed by atoms with Gasteiger partial charge in [0.2, 0.25) is 0 Å². The fourth-order valence-electron chi connectivity index (χ4n) is 2.27. The molecular weight excluding hydrogens is 264 g/mol. The summed E-state index contributed by atoms with van der Waals surface area (Å²) in [5, 5.41) is 8.84. The quantitative estimate of drug-likeness (QED) is 0.829. The molecule has 0 aliphatic heterocycles. The molecule has 1 N–H and O–H groups in total. The van der Waals surface area contributed by atoms with Crippen LogP contribution in [0.3, 0.4) is 0 Å². The van der Waals surface area contributed by atoms with E-state index in [0.29, 0.717) is 6.61 Å². The molecule has 1 aromatic rings. The summed E-state index contributed by atoms with van der Waals surface area (Å²) >= 11 is 0. The van der Waals surface area contributed by atoms with Gasteiger partial charge >= 0.3 is 5.97 Å². The molecular formula is C18H26O3. The van der Waals surface area contributed by atoms with Crippen LogP contribution in [0, 0.1) is 0 Å². The number of carbonyl (C=O) groups is 1. The monoisotopic (exact) mass is 290 g/mol. The zero-order chi connectivity index (χ0) is 16.0. The average Bonchev–Trinajstić information content (AvgIpc) is 2.39. The van der Waals surface area contributed by atoms with Gasteiger partial charge in [-0.1, -0.05) is 39.8 Å². The molecule has 116 valence electrons. The van der Waals surface area contributed by atoms with Crippen LogP contribution >= 0.6 is 0 Å². The minimum atomic E-state index is -0.803. The molecule has 0 spiro atoms. The number of rotatable bonds is 6. The first-order valence-corrected chi connectivity index (χ1v) is 7.48. The third kappa shape index (κ3) is 4.92. The third-order valence-electron chi connectivity index (χ3n) is 3.36. The molecule has 0 aliphatic carbocycles. The fourth-order valence-corrected chi connectivity index (χ4v) is 2.27. The second-order valence-electron chi connectivity index (χ2n) is 6.07. The van der Waals surface area contributed by atoms with E-state index in [1.807, 2.05) is 26.0 Å². The molecule has 3 heteroatoms. The molecule has 0 aromatic heterocycles. The highest BCUT2D eigenvalue weighted by molar-refractivity contribution is 5.74. The van der Waals surface area contributed by atoms with Gasteiger partial charge in [0, 0.05) is 5.56 Å². The number of hydrogen-bond donors (Lipinski definition) is 1. The molecule has 3 nitrogen and oxygen atoms in total. The SMILES string of the molecule is CCOc1ccc(/C(=C/CC(=O)O)CC)cc1C(C)(C)C. The Morgan fingerprint density at radius 2 is 1.95 bits per heavy atom. The minimum absolute atomic E-state index is 0.0217. The van der Waals surface area contributed by atoms with Crippen LogP contribution in [0.1, 0.15) is 58.6 Å². The second-order valence-corrected chi connectivity index (χ2v) is 6.07. The molecule has 1 aromatic carbocycles. The summed E-state index contributed by atoms with van der Waals surface area (Å²) < 4.78 is 5.72. The first kappa shape index (κ1) is 17.3. The van der Waals surface area contributed by atoms with Gasteiger partial charge in [0.25, 0.3) is 0 Å². The Bertz CT molecular complexity index is 522. The van der Waals surface area contributed by atoms with Crippen molar-refractivity contribution in [2.45, 2.75) is 52.9 Å². The van der Waals surface area contributed by atoms with Crippen molar-refractivity contribution in [3.8, 4) is 5.75 Å². The summed E-state index contributed by atoms with van der Waals surface area (Å²) in [6, 6.07) is 6.13. The van der Waals surface area contributed by atoms with Crippen LogP contribution in [-0.2, 0) is 10.2 Å². The Hall–Kier alpha value is -1.77. The van der Waals surface area contributed by atoms with Gasteiger partial charge in [-0.15, -0.1) is 0 Å². The Labute approximate surface area is 127 Å². The lowest BCUT2D eigenvalue weighted by Gasteiger charge is -2.24. The van der Waals surface area contributed by atoms with Crippen LogP contribution in [-0.4, -0.2) is 17.7 Å². The Morgan fingerprint density at radius 1 is 1.29 bits per heavy atom. The smallest absolute Gasteiger partial charge is 0.307 e. The molecule has 0 saturated carbocycles. The Balaban J connectivity index is 3.26. The fraction of sp³-hybridized carbons (Fsp3) is 0.500. The van der Waals surface area contributed by atoms with Crippen LogP contribution in [0.4, 0.5) is 0 Å². The maximum atomic E-state index is 10.8. The lowest BCUT2D eigenvalue weighted by molar-refractivity contribution is -0.135. The van der Waals surface area contributed by atoms with Crippen molar-refractivity contribution in [3.63, 3.8) is 0 Å². The summed E-state index contributed by atoms with van der Waals surface area (Å²) in [7, 11) is 0. The molecule has 0 saturated heterocycles. The van der Waals surface area contributed by atoms with Crippen molar-refractivity contribution in [3.05, 3.63) is 35.4 Å². The Morgan fingerprint density at radius 3 is 2.43 bits per heavy atom. The highest BCUT2D eigenvalue weighted by Gasteiger charge is 2.20. The van der Waals surface area contributed by atoms with Gasteiger partial charge in [0.1, 0.15) is 5.75 Å². The molecule has 21 heavy (non-hydrogen) atoms. The van der Waals surface area contributed by atoms with E-state index in [0.717, 1.165) is 28.9 Å². The van der Waals surface area contributed by atoms with Gasteiger partial charge in [-0.3, -0.25) is 4.79 Å². The number of carboxylic acids is 1. The molecule has 0 fully saturated rings. The average molecular weight is 290 g/mol. The summed E-state index contributed by atoms with van der Waals surface area (Å²) in [4.78, 5) is 10.8. The predicted molar refractivity (Wildman–Crippen MR) is 86.8 cm³/mol. The molecule has 0 amide bonds. The van der Waals surface area contributed by atoms with Crippen LogP contribution < -0.4 is 4.74 Å². The zero-order valence-corrected chi connectivity index (χ0v) is 13.7. The normalized spacial score (nSPS) is 12.3. The first-order valence-electron chi connectivity index (χ1n) is 7.48. The molecule has 0 bridgehead atoms. The lowest BCUT2D eigenvalue weighted by Crippen LogP contribution is -2.14. The number of benzene rings is 1. The topological polar surface area (TPSA) is 46.5 Å². The van der Waals surface area contributed by atoms with Gasteiger partial charge < -0.3 is 9.84 Å².